The van der Waals surface area contributed by atoms with Gasteiger partial charge in [0, 0.05) is 58.8 Å². The van der Waals surface area contributed by atoms with Crippen LogP contribution in [0.15, 0.2) is 182 Å². The fourth-order valence-electron chi connectivity index (χ4n) is 8.15. The summed E-state index contributed by atoms with van der Waals surface area (Å²) in [6.07, 6.45) is 0. The van der Waals surface area contributed by atoms with Crippen LogP contribution in [0.25, 0.3) is 80.5 Å². The molecule has 0 aliphatic heterocycles. The van der Waals surface area contributed by atoms with Crippen LogP contribution in [-0.2, 0) is 0 Å². The summed E-state index contributed by atoms with van der Waals surface area (Å²) >= 11 is 1.87. The summed E-state index contributed by atoms with van der Waals surface area (Å²) < 4.78 is 5.10. The number of hydrogen-bond acceptors (Lipinski definition) is 2. The third-order valence-corrected chi connectivity index (χ3v) is 11.7. The van der Waals surface area contributed by atoms with Gasteiger partial charge in [-0.25, -0.2) is 0 Å². The first-order chi connectivity index (χ1) is 25.3. The Morgan fingerprint density at radius 2 is 0.824 bits per heavy atom. The zero-order chi connectivity index (χ0) is 33.5. The molecule has 0 N–H and O–H groups in total. The van der Waals surface area contributed by atoms with E-state index in [0.717, 1.165) is 17.1 Å². The van der Waals surface area contributed by atoms with Gasteiger partial charge in [-0.3, -0.25) is 0 Å². The van der Waals surface area contributed by atoms with Gasteiger partial charge in [0.15, 0.2) is 0 Å². The topological polar surface area (TPSA) is 7.65 Å². The average molecular weight is 667 g/mol. The third-order valence-electron chi connectivity index (χ3n) is 10.5. The van der Waals surface area contributed by atoms with Crippen molar-refractivity contribution >= 4 is 86.7 Å². The van der Waals surface area contributed by atoms with Gasteiger partial charge in [-0.05, 0) is 82.9 Å². The molecule has 11 rings (SSSR count). The first kappa shape index (κ1) is 28.4. The highest BCUT2D eigenvalue weighted by Crippen LogP contribution is 2.45. The minimum absolute atomic E-state index is 1.12. The molecule has 0 atom stereocenters. The van der Waals surface area contributed by atoms with E-state index >= 15 is 0 Å². The average Bonchev–Trinajstić information content (AvgIpc) is 3.85. The summed E-state index contributed by atoms with van der Waals surface area (Å²) in [5.41, 5.74) is 12.0. The largest absolute Gasteiger partial charge is 0.310 e. The standard InChI is InChI=1S/C48H30N2S/c1-2-10-31(11-3-1)32-18-23-35(24-19-32)49(36-25-20-33(21-26-36)34-22-27-41-40-14-6-9-17-46(40)51-47(41)28-34)37-29-42-38-12-4-7-15-44(38)50-45-16-8-5-13-39(45)43(30-37)48(42)50/h1-30H. The molecule has 0 fully saturated rings. The molecule has 0 saturated heterocycles. The van der Waals surface area contributed by atoms with Crippen LogP contribution in [0.4, 0.5) is 17.1 Å². The molecule has 3 aromatic heterocycles. The molecule has 238 valence electrons. The lowest BCUT2D eigenvalue weighted by Gasteiger charge is -2.26. The Balaban J connectivity index is 1.09. The number of nitrogens with zero attached hydrogens (tertiary/aromatic N) is 2. The fourth-order valence-corrected chi connectivity index (χ4v) is 9.30. The van der Waals surface area contributed by atoms with E-state index in [4.69, 9.17) is 0 Å². The smallest absolute Gasteiger partial charge is 0.0622 e. The number of thiophene rings is 1. The van der Waals surface area contributed by atoms with Crippen LogP contribution in [0.5, 0.6) is 0 Å². The lowest BCUT2D eigenvalue weighted by molar-refractivity contribution is 1.29. The highest BCUT2D eigenvalue weighted by Gasteiger charge is 2.21. The first-order valence-corrected chi connectivity index (χ1v) is 18.2. The number of anilines is 3. The Kier molecular flexibility index (Phi) is 6.16. The Bertz CT molecular complexity index is 2980. The zero-order valence-corrected chi connectivity index (χ0v) is 28.4. The number of aromatic nitrogens is 1. The molecule has 11 aromatic rings. The Labute approximate surface area is 299 Å². The maximum absolute atomic E-state index is 2.44. The molecular formula is C48H30N2S. The van der Waals surface area contributed by atoms with Crippen LogP contribution >= 0.6 is 11.3 Å². The van der Waals surface area contributed by atoms with Crippen LogP contribution < -0.4 is 4.90 Å². The Morgan fingerprint density at radius 3 is 1.47 bits per heavy atom. The number of rotatable bonds is 5. The van der Waals surface area contributed by atoms with Gasteiger partial charge in [0.25, 0.3) is 0 Å². The second-order valence-corrected chi connectivity index (χ2v) is 14.4. The lowest BCUT2D eigenvalue weighted by atomic mass is 10.0. The van der Waals surface area contributed by atoms with E-state index in [1.54, 1.807) is 0 Å². The predicted molar refractivity (Wildman–Crippen MR) is 220 cm³/mol. The van der Waals surface area contributed by atoms with Crippen LogP contribution in [0, 0.1) is 0 Å². The molecule has 0 radical (unpaired) electrons. The molecule has 3 heteroatoms. The molecule has 0 saturated carbocycles. The van der Waals surface area contributed by atoms with Gasteiger partial charge in [-0.2, -0.15) is 0 Å². The maximum atomic E-state index is 2.44. The fraction of sp³-hybridized carbons (Fsp3) is 0. The van der Waals surface area contributed by atoms with Crippen LogP contribution in [0.2, 0.25) is 0 Å². The highest BCUT2D eigenvalue weighted by atomic mass is 32.1. The highest BCUT2D eigenvalue weighted by molar-refractivity contribution is 7.25. The number of fused-ring (bicyclic) bond motifs is 9. The quantitative estimate of drug-likeness (QED) is 0.177. The molecular weight excluding hydrogens is 637 g/mol. The van der Waals surface area contributed by atoms with Crippen LogP contribution in [0.3, 0.4) is 0 Å². The van der Waals surface area contributed by atoms with E-state index in [1.807, 2.05) is 11.3 Å². The van der Waals surface area contributed by atoms with Crippen molar-refractivity contribution in [1.29, 1.82) is 0 Å². The van der Waals surface area contributed by atoms with Crippen molar-refractivity contribution in [2.45, 2.75) is 0 Å². The molecule has 51 heavy (non-hydrogen) atoms. The van der Waals surface area contributed by atoms with E-state index < -0.39 is 0 Å². The van der Waals surface area contributed by atoms with Crippen LogP contribution in [-0.4, -0.2) is 4.40 Å². The SMILES string of the molecule is c1ccc(-c2ccc(N(c3ccc(-c4ccc5c(c4)sc4ccccc45)cc3)c3cc4c5ccccc5n5c6ccccc6c(c3)c45)cc2)cc1. The van der Waals surface area contributed by atoms with Crippen molar-refractivity contribution in [1.82, 2.24) is 4.40 Å². The summed E-state index contributed by atoms with van der Waals surface area (Å²) in [7, 11) is 0. The van der Waals surface area contributed by atoms with E-state index in [9.17, 15) is 0 Å². The molecule has 8 aromatic carbocycles. The van der Waals surface area contributed by atoms with Crippen molar-refractivity contribution in [2.24, 2.45) is 0 Å². The number of para-hydroxylation sites is 2. The van der Waals surface area contributed by atoms with E-state index in [2.05, 4.69) is 191 Å². The van der Waals surface area contributed by atoms with Gasteiger partial charge < -0.3 is 9.30 Å². The van der Waals surface area contributed by atoms with E-state index in [-0.39, 0.29) is 0 Å². The van der Waals surface area contributed by atoms with E-state index in [0.29, 0.717) is 0 Å². The molecule has 0 unspecified atom stereocenters. The van der Waals surface area contributed by atoms with Gasteiger partial charge in [0.05, 0.1) is 16.6 Å². The number of benzene rings is 8. The third kappa shape index (κ3) is 4.35. The Hall–Kier alpha value is -6.42. The predicted octanol–water partition coefficient (Wildman–Crippen LogP) is 14.0. The maximum Gasteiger partial charge on any atom is 0.0622 e. The second-order valence-electron chi connectivity index (χ2n) is 13.4. The van der Waals surface area contributed by atoms with Crippen molar-refractivity contribution in [2.75, 3.05) is 4.90 Å². The monoisotopic (exact) mass is 666 g/mol. The summed E-state index contributed by atoms with van der Waals surface area (Å²) in [6, 6.07) is 66.7. The normalized spacial score (nSPS) is 11.9. The minimum Gasteiger partial charge on any atom is -0.310 e. The van der Waals surface area contributed by atoms with Crippen molar-refractivity contribution in [3.05, 3.63) is 182 Å². The van der Waals surface area contributed by atoms with Crippen molar-refractivity contribution < 1.29 is 0 Å². The Morgan fingerprint density at radius 1 is 0.333 bits per heavy atom. The molecule has 2 nitrogen and oxygen atoms in total. The summed E-state index contributed by atoms with van der Waals surface area (Å²) in [4.78, 5) is 2.41. The molecule has 0 aliphatic carbocycles. The van der Waals surface area contributed by atoms with Gasteiger partial charge in [0.1, 0.15) is 0 Å². The van der Waals surface area contributed by atoms with Gasteiger partial charge in [0.2, 0.25) is 0 Å². The summed E-state index contributed by atoms with van der Waals surface area (Å²) in [6.45, 7) is 0. The van der Waals surface area contributed by atoms with Gasteiger partial charge in [-0.1, -0.05) is 121 Å². The minimum atomic E-state index is 1.12. The molecule has 3 heterocycles. The van der Waals surface area contributed by atoms with Gasteiger partial charge in [-0.15, -0.1) is 11.3 Å². The zero-order valence-electron chi connectivity index (χ0n) is 27.6. The molecule has 0 spiro atoms. The molecule has 0 bridgehead atoms. The van der Waals surface area contributed by atoms with Crippen molar-refractivity contribution in [3.63, 3.8) is 0 Å². The second kappa shape index (κ2) is 11.0. The number of hydrogen-bond donors (Lipinski definition) is 0. The lowest BCUT2D eigenvalue weighted by Crippen LogP contribution is -2.10. The molecule has 0 amide bonds. The summed E-state index contributed by atoms with van der Waals surface area (Å²) in [5, 5.41) is 7.75. The summed E-state index contributed by atoms with van der Waals surface area (Å²) in [5.74, 6) is 0. The van der Waals surface area contributed by atoms with Crippen molar-refractivity contribution in [3.8, 4) is 22.3 Å². The van der Waals surface area contributed by atoms with Gasteiger partial charge >= 0.3 is 0 Å². The first-order valence-electron chi connectivity index (χ1n) is 17.4. The molecule has 0 aliphatic rings. The van der Waals surface area contributed by atoms with Crippen LogP contribution in [0.1, 0.15) is 0 Å². The van der Waals surface area contributed by atoms with E-state index in [1.165, 1.54) is 80.5 Å².